The Balaban J connectivity index is 1.78. The smallest absolute Gasteiger partial charge is 0.330 e. The van der Waals surface area contributed by atoms with Gasteiger partial charge in [0.05, 0.1) is 7.11 Å². The highest BCUT2D eigenvalue weighted by atomic mass is 35.5. The number of halogens is 1. The van der Waals surface area contributed by atoms with E-state index in [1.54, 1.807) is 6.08 Å². The first-order valence-electron chi connectivity index (χ1n) is 10.1. The van der Waals surface area contributed by atoms with Crippen LogP contribution in [0.2, 0.25) is 5.02 Å². The Labute approximate surface area is 193 Å². The Morgan fingerprint density at radius 3 is 2.56 bits per heavy atom. The minimum Gasteiger partial charge on any atom is -0.466 e. The normalized spacial score (nSPS) is 10.8. The second-order valence-corrected chi connectivity index (χ2v) is 7.72. The lowest BCUT2D eigenvalue weighted by Crippen LogP contribution is -2.16. The molecule has 0 aliphatic carbocycles. The SMILES string of the molecule is CNc1ccc(-c2ccc(CN(C)c3cccc(/C=C/C(=O)OC)c3)c(Cl)c2)cc1C=N. The van der Waals surface area contributed by atoms with Crippen molar-refractivity contribution in [1.29, 1.82) is 5.41 Å². The average Bonchev–Trinajstić information content (AvgIpc) is 2.83. The first-order chi connectivity index (χ1) is 15.4. The molecule has 0 aliphatic heterocycles. The molecule has 0 aromatic heterocycles. The molecule has 6 heteroatoms. The highest BCUT2D eigenvalue weighted by molar-refractivity contribution is 6.31. The van der Waals surface area contributed by atoms with Crippen molar-refractivity contribution in [2.24, 2.45) is 0 Å². The summed E-state index contributed by atoms with van der Waals surface area (Å²) in [6.07, 6.45) is 4.48. The van der Waals surface area contributed by atoms with Crippen LogP contribution in [0.15, 0.2) is 66.7 Å². The van der Waals surface area contributed by atoms with Crippen LogP contribution < -0.4 is 10.2 Å². The van der Waals surface area contributed by atoms with E-state index in [0.717, 1.165) is 39.2 Å². The van der Waals surface area contributed by atoms with Crippen molar-refractivity contribution in [2.75, 3.05) is 31.4 Å². The Morgan fingerprint density at radius 1 is 1.12 bits per heavy atom. The topological polar surface area (TPSA) is 65.4 Å². The van der Waals surface area contributed by atoms with Crippen LogP contribution in [0, 0.1) is 5.41 Å². The molecule has 3 rings (SSSR count). The van der Waals surface area contributed by atoms with Crippen LogP contribution in [0.1, 0.15) is 16.7 Å². The van der Waals surface area contributed by atoms with Gasteiger partial charge in [0, 0.05) is 54.9 Å². The number of anilines is 2. The number of hydrogen-bond acceptors (Lipinski definition) is 5. The van der Waals surface area contributed by atoms with Crippen LogP contribution in [0.4, 0.5) is 11.4 Å². The lowest BCUT2D eigenvalue weighted by atomic mass is 10.0. The second kappa shape index (κ2) is 10.6. The van der Waals surface area contributed by atoms with Crippen LogP contribution in [0.3, 0.4) is 0 Å². The molecule has 0 heterocycles. The zero-order valence-corrected chi connectivity index (χ0v) is 19.1. The van der Waals surface area contributed by atoms with Gasteiger partial charge in [0.2, 0.25) is 0 Å². The van der Waals surface area contributed by atoms with Crippen LogP contribution >= 0.6 is 11.6 Å². The maximum Gasteiger partial charge on any atom is 0.330 e. The van der Waals surface area contributed by atoms with Gasteiger partial charge < -0.3 is 20.4 Å². The summed E-state index contributed by atoms with van der Waals surface area (Å²) in [4.78, 5) is 13.4. The predicted molar refractivity (Wildman–Crippen MR) is 134 cm³/mol. The van der Waals surface area contributed by atoms with Crippen molar-refractivity contribution in [3.8, 4) is 11.1 Å². The summed E-state index contributed by atoms with van der Waals surface area (Å²) in [6.45, 7) is 0.633. The molecule has 5 nitrogen and oxygen atoms in total. The molecule has 164 valence electrons. The van der Waals surface area contributed by atoms with E-state index < -0.39 is 0 Å². The molecule has 0 saturated heterocycles. The van der Waals surface area contributed by atoms with E-state index in [1.807, 2.05) is 74.8 Å². The number of esters is 1. The highest BCUT2D eigenvalue weighted by Gasteiger charge is 2.09. The zero-order chi connectivity index (χ0) is 23.1. The van der Waals surface area contributed by atoms with Crippen LogP contribution in [-0.4, -0.2) is 33.4 Å². The molecule has 3 aromatic rings. The number of methoxy groups -OCH3 is 1. The molecule has 0 fully saturated rings. The first kappa shape index (κ1) is 23.1. The van der Waals surface area contributed by atoms with Gasteiger partial charge in [-0.25, -0.2) is 4.79 Å². The van der Waals surface area contributed by atoms with Gasteiger partial charge in [0.1, 0.15) is 0 Å². The molecule has 0 radical (unpaired) electrons. The second-order valence-electron chi connectivity index (χ2n) is 7.31. The number of nitrogens with zero attached hydrogens (tertiary/aromatic N) is 1. The van der Waals surface area contributed by atoms with E-state index in [4.69, 9.17) is 17.0 Å². The molecule has 0 spiro atoms. The number of ether oxygens (including phenoxy) is 1. The molecule has 0 saturated carbocycles. The molecule has 0 atom stereocenters. The average molecular weight is 448 g/mol. The molecular formula is C26H26ClN3O2. The summed E-state index contributed by atoms with van der Waals surface area (Å²) >= 11 is 6.63. The quantitative estimate of drug-likeness (QED) is 0.257. The summed E-state index contributed by atoms with van der Waals surface area (Å²) in [5.74, 6) is -0.385. The number of rotatable bonds is 8. The zero-order valence-electron chi connectivity index (χ0n) is 18.4. The fourth-order valence-corrected chi connectivity index (χ4v) is 3.63. The van der Waals surface area contributed by atoms with Crippen LogP contribution in [-0.2, 0) is 16.1 Å². The van der Waals surface area contributed by atoms with E-state index in [2.05, 4.69) is 15.0 Å². The van der Waals surface area contributed by atoms with Gasteiger partial charge >= 0.3 is 5.97 Å². The summed E-state index contributed by atoms with van der Waals surface area (Å²) in [7, 11) is 5.20. The third-order valence-electron chi connectivity index (χ3n) is 5.19. The molecule has 2 N–H and O–H groups in total. The summed E-state index contributed by atoms with van der Waals surface area (Å²) in [5.41, 5.74) is 6.68. The Hall–Kier alpha value is -3.57. The third kappa shape index (κ3) is 5.56. The van der Waals surface area contributed by atoms with E-state index >= 15 is 0 Å². The van der Waals surface area contributed by atoms with Crippen molar-refractivity contribution < 1.29 is 9.53 Å². The summed E-state index contributed by atoms with van der Waals surface area (Å²) in [6, 6.07) is 19.9. The Morgan fingerprint density at radius 2 is 1.88 bits per heavy atom. The van der Waals surface area contributed by atoms with Crippen LogP contribution in [0.5, 0.6) is 0 Å². The van der Waals surface area contributed by atoms with Gasteiger partial charge in [-0.1, -0.05) is 41.9 Å². The van der Waals surface area contributed by atoms with Crippen molar-refractivity contribution in [1.82, 2.24) is 0 Å². The van der Waals surface area contributed by atoms with Crippen molar-refractivity contribution >= 4 is 41.2 Å². The van der Waals surface area contributed by atoms with Gasteiger partial charge in [-0.05, 0) is 58.7 Å². The molecule has 0 amide bonds. The molecule has 0 unspecified atom stereocenters. The van der Waals surface area contributed by atoms with Gasteiger partial charge in [0.25, 0.3) is 0 Å². The van der Waals surface area contributed by atoms with Gasteiger partial charge in [-0.3, -0.25) is 0 Å². The standard InChI is InChI=1S/C26H26ClN3O2/c1-29-25-11-10-19(14-22(25)16-28)20-8-9-21(24(27)15-20)17-30(2)23-6-4-5-18(13-23)7-12-26(31)32-3/h4-16,28-29H,17H2,1-3H3/b12-7+,28-16?. The number of carbonyl (C=O) groups is 1. The van der Waals surface area contributed by atoms with Gasteiger partial charge in [0.15, 0.2) is 0 Å². The Bertz CT molecular complexity index is 1160. The highest BCUT2D eigenvalue weighted by Crippen LogP contribution is 2.29. The van der Waals surface area contributed by atoms with E-state index in [1.165, 1.54) is 19.4 Å². The predicted octanol–water partition coefficient (Wildman–Crippen LogP) is 5.87. The maximum atomic E-state index is 11.3. The van der Waals surface area contributed by atoms with Crippen LogP contribution in [0.25, 0.3) is 17.2 Å². The Kier molecular flexibility index (Phi) is 7.68. The molecule has 32 heavy (non-hydrogen) atoms. The minimum atomic E-state index is -0.385. The molecular weight excluding hydrogens is 422 g/mol. The monoisotopic (exact) mass is 447 g/mol. The van der Waals surface area contributed by atoms with E-state index in [9.17, 15) is 4.79 Å². The van der Waals surface area contributed by atoms with Gasteiger partial charge in [-0.2, -0.15) is 0 Å². The maximum absolute atomic E-state index is 11.3. The number of nitrogens with one attached hydrogen (secondary N) is 2. The number of carbonyl (C=O) groups excluding carboxylic acids is 1. The third-order valence-corrected chi connectivity index (χ3v) is 5.55. The fraction of sp³-hybridized carbons (Fsp3) is 0.154. The van der Waals surface area contributed by atoms with Crippen molar-refractivity contribution in [2.45, 2.75) is 6.54 Å². The van der Waals surface area contributed by atoms with Gasteiger partial charge in [-0.15, -0.1) is 0 Å². The minimum absolute atomic E-state index is 0.385. The van der Waals surface area contributed by atoms with Crippen molar-refractivity contribution in [3.05, 3.63) is 88.5 Å². The summed E-state index contributed by atoms with van der Waals surface area (Å²) < 4.78 is 4.64. The first-order valence-corrected chi connectivity index (χ1v) is 10.5. The lowest BCUT2D eigenvalue weighted by Gasteiger charge is -2.21. The largest absolute Gasteiger partial charge is 0.466 e. The molecule has 0 bridgehead atoms. The summed E-state index contributed by atoms with van der Waals surface area (Å²) in [5, 5.41) is 11.4. The number of benzene rings is 3. The number of hydrogen-bond donors (Lipinski definition) is 2. The van der Waals surface area contributed by atoms with Crippen molar-refractivity contribution in [3.63, 3.8) is 0 Å². The van der Waals surface area contributed by atoms with E-state index in [0.29, 0.717) is 11.6 Å². The molecule has 3 aromatic carbocycles. The van der Waals surface area contributed by atoms with E-state index in [-0.39, 0.29) is 5.97 Å². The fourth-order valence-electron chi connectivity index (χ4n) is 3.39. The molecule has 0 aliphatic rings. The lowest BCUT2D eigenvalue weighted by molar-refractivity contribution is -0.134.